The summed E-state index contributed by atoms with van der Waals surface area (Å²) in [5.41, 5.74) is 7.68. The van der Waals surface area contributed by atoms with Gasteiger partial charge < -0.3 is 20.5 Å². The summed E-state index contributed by atoms with van der Waals surface area (Å²) in [4.78, 5) is 2.02. The maximum atomic E-state index is 10.3. The molecule has 2 atom stereocenters. The zero-order valence-corrected chi connectivity index (χ0v) is 12.4. The number of hydrogen-bond donors (Lipinski definition) is 2. The first-order chi connectivity index (χ1) is 10.2. The van der Waals surface area contributed by atoms with Gasteiger partial charge in [0.1, 0.15) is 5.75 Å². The lowest BCUT2D eigenvalue weighted by molar-refractivity contribution is 0.150. The third kappa shape index (κ3) is 3.54. The Morgan fingerprint density at radius 1 is 1.14 bits per heavy atom. The van der Waals surface area contributed by atoms with Crippen LogP contribution in [0, 0.1) is 0 Å². The van der Waals surface area contributed by atoms with Gasteiger partial charge in [-0.2, -0.15) is 0 Å². The Labute approximate surface area is 125 Å². The van der Waals surface area contributed by atoms with E-state index in [1.807, 2.05) is 66.5 Å². The standard InChI is InChI=1S/C17H22N2O2/c1-19(14-9-6-10-15(11-14)21-2)17(16(20)12-18)13-7-4-3-5-8-13/h3-11,16-17,20H,12,18H2,1-2H3/t16-,17+/m1/s1. The van der Waals surface area contributed by atoms with E-state index < -0.39 is 6.10 Å². The van der Waals surface area contributed by atoms with Crippen molar-refractivity contribution in [2.24, 2.45) is 5.73 Å². The maximum Gasteiger partial charge on any atom is 0.120 e. The number of ether oxygens (including phenoxy) is 1. The van der Waals surface area contributed by atoms with E-state index >= 15 is 0 Å². The van der Waals surface area contributed by atoms with Crippen molar-refractivity contribution in [2.75, 3.05) is 25.6 Å². The number of aliphatic hydroxyl groups excluding tert-OH is 1. The van der Waals surface area contributed by atoms with Gasteiger partial charge in [0.2, 0.25) is 0 Å². The van der Waals surface area contributed by atoms with E-state index in [1.165, 1.54) is 0 Å². The molecule has 0 aromatic heterocycles. The van der Waals surface area contributed by atoms with E-state index in [1.54, 1.807) is 7.11 Å². The largest absolute Gasteiger partial charge is 0.497 e. The fraction of sp³-hybridized carbons (Fsp3) is 0.294. The average Bonchev–Trinajstić information content (AvgIpc) is 2.55. The first kappa shape index (κ1) is 15.4. The van der Waals surface area contributed by atoms with Crippen LogP contribution in [0.4, 0.5) is 5.69 Å². The SMILES string of the molecule is COc1cccc(N(C)[C@@H](c2ccccc2)[C@H](O)CN)c1. The summed E-state index contributed by atoms with van der Waals surface area (Å²) in [6.07, 6.45) is -0.649. The highest BCUT2D eigenvalue weighted by Gasteiger charge is 2.24. The van der Waals surface area contributed by atoms with Gasteiger partial charge in [-0.3, -0.25) is 0 Å². The molecule has 21 heavy (non-hydrogen) atoms. The zero-order chi connectivity index (χ0) is 15.2. The molecular weight excluding hydrogens is 264 g/mol. The molecule has 0 amide bonds. The van der Waals surface area contributed by atoms with Crippen LogP contribution in [0.2, 0.25) is 0 Å². The fourth-order valence-corrected chi connectivity index (χ4v) is 2.47. The quantitative estimate of drug-likeness (QED) is 0.854. The number of benzene rings is 2. The third-order valence-electron chi connectivity index (χ3n) is 3.62. The van der Waals surface area contributed by atoms with Gasteiger partial charge >= 0.3 is 0 Å². The van der Waals surface area contributed by atoms with Crippen LogP contribution in [0.5, 0.6) is 5.75 Å². The van der Waals surface area contributed by atoms with Gasteiger partial charge in [0, 0.05) is 25.3 Å². The second-order valence-electron chi connectivity index (χ2n) is 4.97. The van der Waals surface area contributed by atoms with Crippen molar-refractivity contribution in [3.8, 4) is 5.75 Å². The minimum atomic E-state index is -0.649. The molecule has 2 rings (SSSR count). The van der Waals surface area contributed by atoms with Crippen molar-refractivity contribution < 1.29 is 9.84 Å². The van der Waals surface area contributed by atoms with Gasteiger partial charge in [-0.1, -0.05) is 36.4 Å². The Morgan fingerprint density at radius 2 is 1.86 bits per heavy atom. The zero-order valence-electron chi connectivity index (χ0n) is 12.4. The monoisotopic (exact) mass is 286 g/mol. The Kier molecular flexibility index (Phi) is 5.20. The molecule has 0 saturated carbocycles. The first-order valence-corrected chi connectivity index (χ1v) is 6.97. The van der Waals surface area contributed by atoms with Gasteiger partial charge in [0.25, 0.3) is 0 Å². The van der Waals surface area contributed by atoms with Crippen molar-refractivity contribution in [1.82, 2.24) is 0 Å². The molecule has 3 N–H and O–H groups in total. The minimum absolute atomic E-state index is 0.202. The van der Waals surface area contributed by atoms with Crippen LogP contribution in [0.25, 0.3) is 0 Å². The number of rotatable bonds is 6. The Balaban J connectivity index is 2.36. The number of likely N-dealkylation sites (N-methyl/N-ethyl adjacent to an activating group) is 1. The van der Waals surface area contributed by atoms with Crippen LogP contribution in [-0.4, -0.2) is 31.9 Å². The van der Waals surface area contributed by atoms with Crippen LogP contribution < -0.4 is 15.4 Å². The van der Waals surface area contributed by atoms with Crippen molar-refractivity contribution in [1.29, 1.82) is 0 Å². The Morgan fingerprint density at radius 3 is 2.48 bits per heavy atom. The van der Waals surface area contributed by atoms with Crippen LogP contribution in [0.15, 0.2) is 54.6 Å². The van der Waals surface area contributed by atoms with Gasteiger partial charge in [0.15, 0.2) is 0 Å². The predicted octanol–water partition coefficient (Wildman–Crippen LogP) is 2.19. The van der Waals surface area contributed by atoms with E-state index in [4.69, 9.17) is 10.5 Å². The number of nitrogens with zero attached hydrogens (tertiary/aromatic N) is 1. The molecule has 0 aliphatic heterocycles. The van der Waals surface area contributed by atoms with Crippen LogP contribution in [0.1, 0.15) is 11.6 Å². The molecule has 0 saturated heterocycles. The topological polar surface area (TPSA) is 58.7 Å². The van der Waals surface area contributed by atoms with Gasteiger partial charge in [0.05, 0.1) is 19.3 Å². The fourth-order valence-electron chi connectivity index (χ4n) is 2.47. The first-order valence-electron chi connectivity index (χ1n) is 6.97. The summed E-state index contributed by atoms with van der Waals surface area (Å²) in [5, 5.41) is 10.3. The number of nitrogens with two attached hydrogens (primary N) is 1. The van der Waals surface area contributed by atoms with Crippen molar-refractivity contribution in [3.05, 3.63) is 60.2 Å². The molecule has 0 fully saturated rings. The van der Waals surface area contributed by atoms with Crippen LogP contribution in [-0.2, 0) is 0 Å². The maximum absolute atomic E-state index is 10.3. The van der Waals surface area contributed by atoms with E-state index in [0.717, 1.165) is 17.0 Å². The molecule has 112 valence electrons. The van der Waals surface area contributed by atoms with Crippen molar-refractivity contribution in [3.63, 3.8) is 0 Å². The summed E-state index contributed by atoms with van der Waals surface area (Å²) in [5.74, 6) is 0.786. The van der Waals surface area contributed by atoms with Crippen molar-refractivity contribution in [2.45, 2.75) is 12.1 Å². The number of aliphatic hydroxyl groups is 1. The molecule has 4 heteroatoms. The highest BCUT2D eigenvalue weighted by atomic mass is 16.5. The second-order valence-corrected chi connectivity index (χ2v) is 4.97. The molecule has 0 bridgehead atoms. The van der Waals surface area contributed by atoms with E-state index in [9.17, 15) is 5.11 Å². The Bertz CT molecular complexity index is 560. The molecule has 0 heterocycles. The molecule has 2 aromatic carbocycles. The summed E-state index contributed by atoms with van der Waals surface area (Å²) in [7, 11) is 3.59. The molecule has 0 aliphatic rings. The molecular formula is C17H22N2O2. The normalized spacial score (nSPS) is 13.5. The van der Waals surface area contributed by atoms with E-state index in [0.29, 0.717) is 0 Å². The smallest absolute Gasteiger partial charge is 0.120 e. The van der Waals surface area contributed by atoms with Gasteiger partial charge in [-0.25, -0.2) is 0 Å². The molecule has 4 nitrogen and oxygen atoms in total. The molecule has 0 aliphatic carbocycles. The Hall–Kier alpha value is -2.04. The molecule has 0 unspecified atom stereocenters. The summed E-state index contributed by atoms with van der Waals surface area (Å²) in [6, 6.07) is 17.4. The predicted molar refractivity (Wildman–Crippen MR) is 85.6 cm³/mol. The summed E-state index contributed by atoms with van der Waals surface area (Å²) in [6.45, 7) is 0.202. The summed E-state index contributed by atoms with van der Waals surface area (Å²) < 4.78 is 5.26. The highest BCUT2D eigenvalue weighted by molar-refractivity contribution is 5.52. The lowest BCUT2D eigenvalue weighted by Gasteiger charge is -2.33. The molecule has 0 spiro atoms. The van der Waals surface area contributed by atoms with Crippen LogP contribution in [0.3, 0.4) is 0 Å². The molecule has 2 aromatic rings. The summed E-state index contributed by atoms with van der Waals surface area (Å²) >= 11 is 0. The van der Waals surface area contributed by atoms with Crippen molar-refractivity contribution >= 4 is 5.69 Å². The number of hydrogen-bond acceptors (Lipinski definition) is 4. The lowest BCUT2D eigenvalue weighted by Crippen LogP contribution is -2.38. The van der Waals surface area contributed by atoms with Crippen LogP contribution >= 0.6 is 0 Å². The van der Waals surface area contributed by atoms with Gasteiger partial charge in [-0.15, -0.1) is 0 Å². The lowest BCUT2D eigenvalue weighted by atomic mass is 9.99. The average molecular weight is 286 g/mol. The second kappa shape index (κ2) is 7.11. The highest BCUT2D eigenvalue weighted by Crippen LogP contribution is 2.30. The third-order valence-corrected chi connectivity index (χ3v) is 3.62. The minimum Gasteiger partial charge on any atom is -0.497 e. The van der Waals surface area contributed by atoms with E-state index in [-0.39, 0.29) is 12.6 Å². The number of anilines is 1. The number of methoxy groups -OCH3 is 1. The van der Waals surface area contributed by atoms with E-state index in [2.05, 4.69) is 0 Å². The molecule has 0 radical (unpaired) electrons. The van der Waals surface area contributed by atoms with Gasteiger partial charge in [-0.05, 0) is 17.7 Å².